The van der Waals surface area contributed by atoms with Crippen LogP contribution in [0.25, 0.3) is 0 Å². The number of nitro benzene ring substituents is 1. The second-order valence-corrected chi connectivity index (χ2v) is 4.83. The molecule has 0 bridgehead atoms. The number of rotatable bonds is 5. The number of anilines is 2. The fraction of sp³-hybridized carbons (Fsp3) is 0.133. The van der Waals surface area contributed by atoms with Crippen LogP contribution in [0, 0.1) is 34.5 Å². The highest BCUT2D eigenvalue weighted by Gasteiger charge is 2.16. The Balaban J connectivity index is 2.06. The van der Waals surface area contributed by atoms with Crippen LogP contribution in [-0.2, 0) is 4.79 Å². The zero-order chi connectivity index (χ0) is 17.9. The molecule has 2 rings (SSSR count). The Morgan fingerprint density at radius 3 is 2.50 bits per heavy atom. The molecule has 0 radical (unpaired) electrons. The second-order valence-electron chi connectivity index (χ2n) is 4.83. The Bertz CT molecular complexity index is 812. The first-order chi connectivity index (χ1) is 11.3. The van der Waals surface area contributed by atoms with Crippen LogP contribution in [0.15, 0.2) is 30.3 Å². The molecule has 0 aliphatic rings. The summed E-state index contributed by atoms with van der Waals surface area (Å²) in [6.07, 6.45) is 0. The lowest BCUT2D eigenvalue weighted by Crippen LogP contribution is -2.23. The molecule has 1 amide bonds. The first-order valence-electron chi connectivity index (χ1n) is 6.72. The minimum Gasteiger partial charge on any atom is -0.374 e. The third kappa shape index (κ3) is 3.62. The molecule has 0 saturated heterocycles. The highest BCUT2D eigenvalue weighted by molar-refractivity contribution is 5.94. The maximum absolute atomic E-state index is 13.5. The first-order valence-corrected chi connectivity index (χ1v) is 6.72. The van der Waals surface area contributed by atoms with Gasteiger partial charge in [0.15, 0.2) is 17.5 Å². The smallest absolute Gasteiger partial charge is 0.274 e. The highest BCUT2D eigenvalue weighted by Crippen LogP contribution is 2.25. The summed E-state index contributed by atoms with van der Waals surface area (Å²) in [5, 5.41) is 15.6. The Morgan fingerprint density at radius 1 is 1.12 bits per heavy atom. The van der Waals surface area contributed by atoms with Crippen molar-refractivity contribution in [3.63, 3.8) is 0 Å². The van der Waals surface area contributed by atoms with E-state index in [0.29, 0.717) is 0 Å². The molecule has 6 nitrogen and oxygen atoms in total. The fourth-order valence-electron chi connectivity index (χ4n) is 1.99. The van der Waals surface area contributed by atoms with E-state index in [-0.39, 0.29) is 22.6 Å². The number of carbonyl (C=O) groups excluding carboxylic acids is 1. The van der Waals surface area contributed by atoms with Crippen molar-refractivity contribution >= 4 is 23.0 Å². The molecule has 126 valence electrons. The molecule has 0 saturated carbocycles. The van der Waals surface area contributed by atoms with Crippen molar-refractivity contribution in [3.05, 3.63) is 63.5 Å². The number of nitrogens with one attached hydrogen (secondary N) is 2. The molecular formula is C15H12F3N3O3. The second kappa shape index (κ2) is 6.99. The zero-order valence-electron chi connectivity index (χ0n) is 12.4. The number of hydrogen-bond acceptors (Lipinski definition) is 4. The summed E-state index contributed by atoms with van der Waals surface area (Å²) in [7, 11) is 0. The maximum Gasteiger partial charge on any atom is 0.274 e. The van der Waals surface area contributed by atoms with E-state index in [1.807, 2.05) is 0 Å². The lowest BCUT2D eigenvalue weighted by Gasteiger charge is -2.11. The van der Waals surface area contributed by atoms with E-state index in [0.717, 1.165) is 12.1 Å². The normalized spacial score (nSPS) is 10.3. The van der Waals surface area contributed by atoms with Gasteiger partial charge in [-0.1, -0.05) is 6.07 Å². The quantitative estimate of drug-likeness (QED) is 0.497. The van der Waals surface area contributed by atoms with Crippen LogP contribution >= 0.6 is 0 Å². The monoisotopic (exact) mass is 339 g/mol. The molecule has 0 aliphatic carbocycles. The molecule has 2 aromatic carbocycles. The molecule has 0 atom stereocenters. The van der Waals surface area contributed by atoms with Crippen LogP contribution in [0.4, 0.5) is 30.2 Å². The molecule has 0 aliphatic heterocycles. The Morgan fingerprint density at radius 2 is 1.83 bits per heavy atom. The molecule has 2 aromatic rings. The minimum atomic E-state index is -1.64. The van der Waals surface area contributed by atoms with E-state index in [1.165, 1.54) is 25.1 Å². The summed E-state index contributed by atoms with van der Waals surface area (Å²) in [4.78, 5) is 22.1. The van der Waals surface area contributed by atoms with Gasteiger partial charge < -0.3 is 10.6 Å². The van der Waals surface area contributed by atoms with Gasteiger partial charge in [0, 0.05) is 6.07 Å². The summed E-state index contributed by atoms with van der Waals surface area (Å²) in [5.74, 6) is -5.05. The Hall–Kier alpha value is -3.10. The number of benzene rings is 2. The average Bonchev–Trinajstić information content (AvgIpc) is 2.53. The average molecular weight is 339 g/mol. The van der Waals surface area contributed by atoms with Crippen LogP contribution < -0.4 is 10.6 Å². The van der Waals surface area contributed by atoms with Gasteiger partial charge in [-0.15, -0.1) is 0 Å². The van der Waals surface area contributed by atoms with Crippen molar-refractivity contribution in [1.82, 2.24) is 0 Å². The van der Waals surface area contributed by atoms with Gasteiger partial charge in [-0.05, 0) is 25.1 Å². The lowest BCUT2D eigenvalue weighted by molar-refractivity contribution is -0.385. The third-order valence-electron chi connectivity index (χ3n) is 3.25. The van der Waals surface area contributed by atoms with Gasteiger partial charge in [-0.25, -0.2) is 13.2 Å². The third-order valence-corrected chi connectivity index (χ3v) is 3.25. The van der Waals surface area contributed by atoms with E-state index in [9.17, 15) is 28.1 Å². The predicted molar refractivity (Wildman–Crippen MR) is 81.3 cm³/mol. The van der Waals surface area contributed by atoms with Gasteiger partial charge in [-0.2, -0.15) is 0 Å². The van der Waals surface area contributed by atoms with Crippen molar-refractivity contribution in [2.45, 2.75) is 6.92 Å². The zero-order valence-corrected chi connectivity index (χ0v) is 12.4. The summed E-state index contributed by atoms with van der Waals surface area (Å²) >= 11 is 0. The van der Waals surface area contributed by atoms with Gasteiger partial charge in [0.2, 0.25) is 5.91 Å². The first kappa shape index (κ1) is 17.3. The SMILES string of the molecule is Cc1c(NC(=O)CNc2ccc(F)c(F)c2F)cccc1[N+](=O)[O-]. The predicted octanol–water partition coefficient (Wildman–Crippen LogP) is 3.37. The van der Waals surface area contributed by atoms with Crippen molar-refractivity contribution < 1.29 is 22.9 Å². The number of carbonyl (C=O) groups is 1. The van der Waals surface area contributed by atoms with Crippen molar-refractivity contribution in [2.75, 3.05) is 17.2 Å². The number of amides is 1. The standard InChI is InChI=1S/C15H12F3N3O3/c1-8-10(3-2-4-12(8)21(23)24)20-13(22)7-19-11-6-5-9(16)14(17)15(11)18/h2-6,19H,7H2,1H3,(H,20,22). The minimum absolute atomic E-state index is 0.160. The van der Waals surface area contributed by atoms with Crippen LogP contribution in [-0.4, -0.2) is 17.4 Å². The van der Waals surface area contributed by atoms with E-state index in [4.69, 9.17) is 0 Å². The van der Waals surface area contributed by atoms with Gasteiger partial charge in [-0.3, -0.25) is 14.9 Å². The molecule has 0 aromatic heterocycles. The Kier molecular flexibility index (Phi) is 5.02. The molecule has 0 unspecified atom stereocenters. The van der Waals surface area contributed by atoms with Crippen LogP contribution in [0.3, 0.4) is 0 Å². The fourth-order valence-corrected chi connectivity index (χ4v) is 1.99. The molecular weight excluding hydrogens is 327 g/mol. The molecule has 9 heteroatoms. The lowest BCUT2D eigenvalue weighted by atomic mass is 10.1. The molecule has 0 heterocycles. The molecule has 0 fully saturated rings. The molecule has 2 N–H and O–H groups in total. The Labute approximate surface area is 134 Å². The van der Waals surface area contributed by atoms with Gasteiger partial charge in [0.1, 0.15) is 0 Å². The van der Waals surface area contributed by atoms with Gasteiger partial charge >= 0.3 is 0 Å². The van der Waals surface area contributed by atoms with E-state index in [2.05, 4.69) is 10.6 Å². The highest BCUT2D eigenvalue weighted by atomic mass is 19.2. The number of nitro groups is 1. The van der Waals surface area contributed by atoms with E-state index < -0.39 is 34.8 Å². The summed E-state index contributed by atoms with van der Waals surface area (Å²) in [6.45, 7) is 1.03. The summed E-state index contributed by atoms with van der Waals surface area (Å²) < 4.78 is 39.4. The van der Waals surface area contributed by atoms with Crippen LogP contribution in [0.2, 0.25) is 0 Å². The molecule has 24 heavy (non-hydrogen) atoms. The number of halogens is 3. The maximum atomic E-state index is 13.5. The molecule has 0 spiro atoms. The van der Waals surface area contributed by atoms with Crippen LogP contribution in [0.5, 0.6) is 0 Å². The van der Waals surface area contributed by atoms with Crippen molar-refractivity contribution in [2.24, 2.45) is 0 Å². The van der Waals surface area contributed by atoms with Gasteiger partial charge in [0.05, 0.1) is 28.4 Å². The number of hydrogen-bond donors (Lipinski definition) is 2. The topological polar surface area (TPSA) is 84.3 Å². The van der Waals surface area contributed by atoms with E-state index >= 15 is 0 Å². The van der Waals surface area contributed by atoms with Crippen molar-refractivity contribution in [3.8, 4) is 0 Å². The van der Waals surface area contributed by atoms with Gasteiger partial charge in [0.25, 0.3) is 5.69 Å². The number of nitrogens with zero attached hydrogens (tertiary/aromatic N) is 1. The summed E-state index contributed by atoms with van der Waals surface area (Å²) in [6, 6.07) is 5.85. The van der Waals surface area contributed by atoms with E-state index in [1.54, 1.807) is 0 Å². The summed E-state index contributed by atoms with van der Waals surface area (Å²) in [5.41, 5.74) is -0.0520. The van der Waals surface area contributed by atoms with Crippen molar-refractivity contribution in [1.29, 1.82) is 0 Å². The van der Waals surface area contributed by atoms with Crippen LogP contribution in [0.1, 0.15) is 5.56 Å². The largest absolute Gasteiger partial charge is 0.374 e.